The van der Waals surface area contributed by atoms with Crippen LogP contribution in [0.1, 0.15) is 5.56 Å². The van der Waals surface area contributed by atoms with Gasteiger partial charge in [0, 0.05) is 15.6 Å². The molecular weight excluding hydrogens is 355 g/mol. The number of nitrogen functional groups attached to an aromatic ring is 1. The molecule has 0 aliphatic carbocycles. The lowest BCUT2D eigenvalue weighted by Gasteiger charge is -2.00. The van der Waals surface area contributed by atoms with Crippen molar-refractivity contribution in [3.05, 3.63) is 69.3 Å². The van der Waals surface area contributed by atoms with Crippen molar-refractivity contribution in [3.63, 3.8) is 0 Å². The van der Waals surface area contributed by atoms with Gasteiger partial charge in [-0.2, -0.15) is 5.10 Å². The first-order valence-electron chi connectivity index (χ1n) is 6.63. The molecule has 0 radical (unpaired) electrons. The Balaban J connectivity index is 1.90. The first-order valence-corrected chi connectivity index (χ1v) is 7.76. The van der Waals surface area contributed by atoms with Gasteiger partial charge in [-0.3, -0.25) is 0 Å². The van der Waals surface area contributed by atoms with Crippen molar-refractivity contribution in [2.75, 3.05) is 5.73 Å². The van der Waals surface area contributed by atoms with E-state index in [0.29, 0.717) is 20.8 Å². The van der Waals surface area contributed by atoms with Gasteiger partial charge in [-0.15, -0.1) is 0 Å². The van der Waals surface area contributed by atoms with Crippen LogP contribution in [0.3, 0.4) is 0 Å². The fraction of sp³-hybridized carbons (Fsp3) is 0. The van der Waals surface area contributed by atoms with Gasteiger partial charge in [-0.05, 0) is 35.9 Å². The predicted octanol–water partition coefficient (Wildman–Crippen LogP) is 4.97. The van der Waals surface area contributed by atoms with E-state index in [9.17, 15) is 0 Å². The van der Waals surface area contributed by atoms with Gasteiger partial charge in [0.05, 0.1) is 23.1 Å². The third-order valence-corrected chi connectivity index (χ3v) is 3.92. The van der Waals surface area contributed by atoms with E-state index in [-0.39, 0.29) is 5.95 Å². The second-order valence-electron chi connectivity index (χ2n) is 4.75. The normalized spacial score (nSPS) is 11.3. The number of aromatic nitrogens is 2. The van der Waals surface area contributed by atoms with E-state index in [0.717, 1.165) is 11.1 Å². The Morgan fingerprint density at radius 2 is 1.70 bits per heavy atom. The van der Waals surface area contributed by atoms with Crippen LogP contribution >= 0.6 is 34.8 Å². The summed E-state index contributed by atoms with van der Waals surface area (Å²) < 4.78 is 1.48. The van der Waals surface area contributed by atoms with E-state index in [2.05, 4.69) is 10.1 Å². The lowest BCUT2D eigenvalue weighted by atomic mass is 10.2. The van der Waals surface area contributed by atoms with Crippen LogP contribution < -0.4 is 5.73 Å². The maximum absolute atomic E-state index is 6.19. The highest BCUT2D eigenvalue weighted by molar-refractivity contribution is 6.36. The van der Waals surface area contributed by atoms with Crippen LogP contribution in [-0.4, -0.2) is 15.9 Å². The maximum Gasteiger partial charge on any atom is 0.221 e. The van der Waals surface area contributed by atoms with Crippen LogP contribution in [-0.2, 0) is 0 Å². The number of halogens is 3. The smallest absolute Gasteiger partial charge is 0.221 e. The van der Waals surface area contributed by atoms with Crippen molar-refractivity contribution < 1.29 is 0 Å². The molecule has 1 heterocycles. The van der Waals surface area contributed by atoms with Gasteiger partial charge in [0.15, 0.2) is 0 Å². The molecule has 4 nitrogen and oxygen atoms in total. The molecule has 2 N–H and O–H groups in total. The third kappa shape index (κ3) is 3.67. The summed E-state index contributed by atoms with van der Waals surface area (Å²) in [5.41, 5.74) is 8.15. The maximum atomic E-state index is 6.19. The first kappa shape index (κ1) is 15.9. The Bertz CT molecular complexity index is 870. The summed E-state index contributed by atoms with van der Waals surface area (Å²) in [6, 6.07) is 12.5. The Morgan fingerprint density at radius 3 is 2.39 bits per heavy atom. The Hall–Kier alpha value is -2.01. The van der Waals surface area contributed by atoms with E-state index in [1.54, 1.807) is 42.7 Å². The quantitative estimate of drug-likeness (QED) is 0.666. The van der Waals surface area contributed by atoms with Crippen molar-refractivity contribution >= 4 is 47.0 Å². The second kappa shape index (κ2) is 6.62. The fourth-order valence-corrected chi connectivity index (χ4v) is 2.61. The van der Waals surface area contributed by atoms with Crippen LogP contribution in [0.5, 0.6) is 0 Å². The fourth-order valence-electron chi connectivity index (χ4n) is 1.98. The summed E-state index contributed by atoms with van der Waals surface area (Å²) >= 11 is 17.9. The standard InChI is InChI=1S/C16H11Cl3N4/c17-11-3-1-10(2-4-11)8-21-23-9-15(22-16(23)20)13-6-5-12(18)7-14(13)19/h1-9H,(H2,20,22)/b21-8-. The molecule has 116 valence electrons. The number of imidazole rings is 1. The minimum absolute atomic E-state index is 0.260. The molecule has 2 aromatic carbocycles. The van der Waals surface area contributed by atoms with Crippen LogP contribution in [0.2, 0.25) is 15.1 Å². The molecule has 0 spiro atoms. The van der Waals surface area contributed by atoms with Gasteiger partial charge in [-0.1, -0.05) is 46.9 Å². The number of rotatable bonds is 3. The van der Waals surface area contributed by atoms with Gasteiger partial charge in [-0.25, -0.2) is 9.66 Å². The molecule has 3 rings (SSSR count). The molecular formula is C16H11Cl3N4. The molecule has 0 amide bonds. The highest BCUT2D eigenvalue weighted by atomic mass is 35.5. The van der Waals surface area contributed by atoms with E-state index < -0.39 is 0 Å². The summed E-state index contributed by atoms with van der Waals surface area (Å²) in [6.45, 7) is 0. The van der Waals surface area contributed by atoms with Crippen LogP contribution in [0.4, 0.5) is 5.95 Å². The molecule has 0 saturated heterocycles. The average Bonchev–Trinajstić information content (AvgIpc) is 2.87. The average molecular weight is 366 g/mol. The third-order valence-electron chi connectivity index (χ3n) is 3.12. The number of benzene rings is 2. The summed E-state index contributed by atoms with van der Waals surface area (Å²) in [5, 5.41) is 6.03. The number of nitrogens with two attached hydrogens (primary N) is 1. The zero-order chi connectivity index (χ0) is 16.4. The Morgan fingerprint density at radius 1 is 1.00 bits per heavy atom. The van der Waals surface area contributed by atoms with Gasteiger partial charge in [0.25, 0.3) is 0 Å². The molecule has 23 heavy (non-hydrogen) atoms. The van der Waals surface area contributed by atoms with Gasteiger partial charge in [0.2, 0.25) is 5.95 Å². The number of hydrogen-bond acceptors (Lipinski definition) is 3. The van der Waals surface area contributed by atoms with Crippen molar-refractivity contribution in [2.45, 2.75) is 0 Å². The monoisotopic (exact) mass is 364 g/mol. The van der Waals surface area contributed by atoms with Crippen LogP contribution in [0.25, 0.3) is 11.3 Å². The predicted molar refractivity (Wildman–Crippen MR) is 96.5 cm³/mol. The molecule has 0 atom stereocenters. The molecule has 0 unspecified atom stereocenters. The van der Waals surface area contributed by atoms with Crippen LogP contribution in [0, 0.1) is 0 Å². The summed E-state index contributed by atoms with van der Waals surface area (Å²) in [7, 11) is 0. The second-order valence-corrected chi connectivity index (χ2v) is 6.03. The molecule has 3 aromatic rings. The highest BCUT2D eigenvalue weighted by Crippen LogP contribution is 2.30. The molecule has 0 saturated carbocycles. The van der Waals surface area contributed by atoms with Crippen molar-refractivity contribution in [3.8, 4) is 11.3 Å². The lowest BCUT2D eigenvalue weighted by Crippen LogP contribution is -1.96. The molecule has 1 aromatic heterocycles. The lowest BCUT2D eigenvalue weighted by molar-refractivity contribution is 0.898. The first-order chi connectivity index (χ1) is 11.0. The summed E-state index contributed by atoms with van der Waals surface area (Å²) in [5.74, 6) is 0.260. The molecule has 0 bridgehead atoms. The van der Waals surface area contributed by atoms with Gasteiger partial charge >= 0.3 is 0 Å². The number of hydrogen-bond donors (Lipinski definition) is 1. The van der Waals surface area contributed by atoms with E-state index in [1.807, 2.05) is 12.1 Å². The van der Waals surface area contributed by atoms with Gasteiger partial charge < -0.3 is 5.73 Å². The van der Waals surface area contributed by atoms with E-state index >= 15 is 0 Å². The molecule has 0 fully saturated rings. The number of anilines is 1. The minimum atomic E-state index is 0.260. The topological polar surface area (TPSA) is 56.2 Å². The van der Waals surface area contributed by atoms with Crippen molar-refractivity contribution in [2.24, 2.45) is 5.10 Å². The van der Waals surface area contributed by atoms with E-state index in [4.69, 9.17) is 40.5 Å². The zero-order valence-corrected chi connectivity index (χ0v) is 14.0. The summed E-state index contributed by atoms with van der Waals surface area (Å²) in [4.78, 5) is 4.28. The number of nitrogens with zero attached hydrogens (tertiary/aromatic N) is 3. The highest BCUT2D eigenvalue weighted by Gasteiger charge is 2.10. The van der Waals surface area contributed by atoms with Crippen molar-refractivity contribution in [1.82, 2.24) is 9.66 Å². The molecule has 7 heteroatoms. The largest absolute Gasteiger partial charge is 0.368 e. The molecule has 0 aliphatic rings. The van der Waals surface area contributed by atoms with Gasteiger partial charge in [0.1, 0.15) is 0 Å². The van der Waals surface area contributed by atoms with Crippen LogP contribution in [0.15, 0.2) is 53.8 Å². The Kier molecular flexibility index (Phi) is 4.57. The summed E-state index contributed by atoms with van der Waals surface area (Å²) in [6.07, 6.45) is 3.37. The van der Waals surface area contributed by atoms with Crippen molar-refractivity contribution in [1.29, 1.82) is 0 Å². The zero-order valence-electron chi connectivity index (χ0n) is 11.7. The van der Waals surface area contributed by atoms with E-state index in [1.165, 1.54) is 4.68 Å². The minimum Gasteiger partial charge on any atom is -0.368 e. The molecule has 0 aliphatic heterocycles. The SMILES string of the molecule is Nc1nc(-c2ccc(Cl)cc2Cl)cn1/N=C\c1ccc(Cl)cc1. The Labute approximate surface area is 148 Å².